The Morgan fingerprint density at radius 3 is 2.61 bits per heavy atom. The lowest BCUT2D eigenvalue weighted by atomic mass is 10.00. The van der Waals surface area contributed by atoms with E-state index in [2.05, 4.69) is 27.1 Å². The van der Waals surface area contributed by atoms with Gasteiger partial charge in [0.2, 0.25) is 10.0 Å². The van der Waals surface area contributed by atoms with Crippen LogP contribution >= 0.6 is 0 Å². The second kappa shape index (κ2) is 10.6. The number of carbonyl (C=O) groups is 2. The standard InChI is InChI=1S/C25H33N5O5S/c1-4-35-25(32)23-16(2)27-22(18(23)6-5-9-30-12-10-29(3)11-13-30)15-20-19-14-17(36(26,33)34)7-8-21(19)28-24(20)31/h7-8,14-15,27H,4-6,9-13H2,1-3H3,(H,28,31)(H2,26,33,34)/b20-15-. The van der Waals surface area contributed by atoms with Crippen LogP contribution in [0.4, 0.5) is 5.69 Å². The van der Waals surface area contributed by atoms with E-state index in [-0.39, 0.29) is 17.4 Å². The molecule has 4 rings (SSSR count). The number of carbonyl (C=O) groups excluding carboxylic acids is 2. The predicted octanol–water partition coefficient (Wildman–Crippen LogP) is 1.82. The lowest BCUT2D eigenvalue weighted by Crippen LogP contribution is -2.44. The summed E-state index contributed by atoms with van der Waals surface area (Å²) >= 11 is 0. The topological polar surface area (TPSA) is 138 Å². The number of anilines is 1. The van der Waals surface area contributed by atoms with Gasteiger partial charge < -0.3 is 24.8 Å². The molecule has 0 radical (unpaired) electrons. The molecule has 1 fully saturated rings. The van der Waals surface area contributed by atoms with Gasteiger partial charge in [0.1, 0.15) is 0 Å². The van der Waals surface area contributed by atoms with Crippen LogP contribution < -0.4 is 10.5 Å². The van der Waals surface area contributed by atoms with E-state index in [1.807, 2.05) is 0 Å². The van der Waals surface area contributed by atoms with Gasteiger partial charge in [-0.15, -0.1) is 0 Å². The number of rotatable bonds is 8. The van der Waals surface area contributed by atoms with E-state index in [1.54, 1.807) is 19.9 Å². The number of H-pyrrole nitrogens is 1. The number of aromatic nitrogens is 1. The maximum absolute atomic E-state index is 12.8. The molecular weight excluding hydrogens is 482 g/mol. The molecule has 194 valence electrons. The summed E-state index contributed by atoms with van der Waals surface area (Å²) in [7, 11) is -1.82. The number of aryl methyl sites for hydroxylation is 1. The number of likely N-dealkylation sites (N-methyl/N-ethyl adjacent to an activating group) is 1. The summed E-state index contributed by atoms with van der Waals surface area (Å²) in [4.78, 5) is 33.5. The molecule has 0 bridgehead atoms. The minimum Gasteiger partial charge on any atom is -0.462 e. The Morgan fingerprint density at radius 1 is 1.22 bits per heavy atom. The summed E-state index contributed by atoms with van der Waals surface area (Å²) in [5, 5.41) is 8.06. The van der Waals surface area contributed by atoms with E-state index in [0.717, 1.165) is 44.7 Å². The Kier molecular flexibility index (Phi) is 7.65. The summed E-state index contributed by atoms with van der Waals surface area (Å²) in [5.41, 5.74) is 3.81. The molecule has 1 amide bonds. The molecule has 0 aliphatic carbocycles. The Bertz CT molecular complexity index is 1310. The van der Waals surface area contributed by atoms with Crippen molar-refractivity contribution < 1.29 is 22.7 Å². The average molecular weight is 516 g/mol. The minimum atomic E-state index is -3.94. The molecule has 36 heavy (non-hydrogen) atoms. The second-order valence-electron chi connectivity index (χ2n) is 9.25. The normalized spacial score (nSPS) is 17.9. The number of aromatic amines is 1. The number of primary sulfonamides is 1. The van der Waals surface area contributed by atoms with Crippen molar-refractivity contribution in [2.24, 2.45) is 5.14 Å². The molecule has 1 aromatic carbocycles. The Morgan fingerprint density at radius 2 is 1.94 bits per heavy atom. The van der Waals surface area contributed by atoms with Crippen molar-refractivity contribution in [1.82, 2.24) is 14.8 Å². The first-order valence-corrected chi connectivity index (χ1v) is 13.6. The molecule has 0 spiro atoms. The van der Waals surface area contributed by atoms with E-state index in [9.17, 15) is 18.0 Å². The Hall–Kier alpha value is -2.99. The van der Waals surface area contributed by atoms with Gasteiger partial charge in [-0.3, -0.25) is 4.79 Å². The number of nitrogens with two attached hydrogens (primary N) is 1. The Labute approximate surface area is 211 Å². The number of sulfonamides is 1. The van der Waals surface area contributed by atoms with E-state index >= 15 is 0 Å². The summed E-state index contributed by atoms with van der Waals surface area (Å²) in [6, 6.07) is 4.27. The van der Waals surface area contributed by atoms with Gasteiger partial charge >= 0.3 is 5.97 Å². The van der Waals surface area contributed by atoms with Crippen LogP contribution in [0.2, 0.25) is 0 Å². The maximum atomic E-state index is 12.8. The van der Waals surface area contributed by atoms with Crippen molar-refractivity contribution in [3.63, 3.8) is 0 Å². The molecule has 2 aliphatic rings. The van der Waals surface area contributed by atoms with E-state index in [4.69, 9.17) is 9.88 Å². The number of hydrogen-bond donors (Lipinski definition) is 3. The molecule has 0 unspecified atom stereocenters. The fourth-order valence-corrected chi connectivity index (χ4v) is 5.29. The van der Waals surface area contributed by atoms with Gasteiger partial charge in [-0.1, -0.05) is 0 Å². The highest BCUT2D eigenvalue weighted by molar-refractivity contribution is 7.89. The number of ether oxygens (including phenoxy) is 1. The zero-order valence-corrected chi connectivity index (χ0v) is 21.7. The summed E-state index contributed by atoms with van der Waals surface area (Å²) < 4.78 is 29.1. The van der Waals surface area contributed by atoms with E-state index < -0.39 is 16.0 Å². The first-order valence-electron chi connectivity index (χ1n) is 12.1. The van der Waals surface area contributed by atoms with Crippen molar-refractivity contribution in [2.75, 3.05) is 51.7 Å². The van der Waals surface area contributed by atoms with Gasteiger partial charge in [0.15, 0.2) is 0 Å². The fraction of sp³-hybridized carbons (Fsp3) is 0.440. The highest BCUT2D eigenvalue weighted by Gasteiger charge is 2.28. The highest BCUT2D eigenvalue weighted by atomic mass is 32.2. The molecule has 11 heteroatoms. The number of amides is 1. The first-order chi connectivity index (χ1) is 17.1. The number of hydrogen-bond acceptors (Lipinski definition) is 7. The van der Waals surface area contributed by atoms with Crippen molar-refractivity contribution >= 4 is 39.2 Å². The molecule has 1 saturated heterocycles. The van der Waals surface area contributed by atoms with Crippen LogP contribution in [0, 0.1) is 6.92 Å². The number of piperazine rings is 1. The van der Waals surface area contributed by atoms with Gasteiger partial charge in [0, 0.05) is 48.8 Å². The molecule has 0 atom stereocenters. The number of nitrogens with one attached hydrogen (secondary N) is 2. The third kappa shape index (κ3) is 5.54. The number of esters is 1. The summed E-state index contributed by atoms with van der Waals surface area (Å²) in [6.45, 7) is 8.80. The van der Waals surface area contributed by atoms with Crippen LogP contribution in [-0.2, 0) is 26.0 Å². The van der Waals surface area contributed by atoms with Crippen LogP contribution in [-0.4, -0.2) is 81.5 Å². The van der Waals surface area contributed by atoms with E-state index in [1.165, 1.54) is 18.2 Å². The monoisotopic (exact) mass is 515 g/mol. The number of fused-ring (bicyclic) bond motifs is 1. The fourth-order valence-electron chi connectivity index (χ4n) is 4.75. The van der Waals surface area contributed by atoms with Gasteiger partial charge in [-0.25, -0.2) is 18.4 Å². The zero-order valence-electron chi connectivity index (χ0n) is 20.9. The largest absolute Gasteiger partial charge is 0.462 e. The van der Waals surface area contributed by atoms with Crippen LogP contribution in [0.1, 0.15) is 46.2 Å². The van der Waals surface area contributed by atoms with Gasteiger partial charge in [-0.05, 0) is 70.1 Å². The molecular formula is C25H33N5O5S. The molecule has 10 nitrogen and oxygen atoms in total. The molecule has 4 N–H and O–H groups in total. The molecule has 2 aliphatic heterocycles. The predicted molar refractivity (Wildman–Crippen MR) is 138 cm³/mol. The second-order valence-corrected chi connectivity index (χ2v) is 10.8. The third-order valence-corrected chi connectivity index (χ3v) is 7.60. The average Bonchev–Trinajstić information content (AvgIpc) is 3.30. The quantitative estimate of drug-likeness (QED) is 0.360. The van der Waals surface area contributed by atoms with Crippen molar-refractivity contribution in [3.8, 4) is 0 Å². The lowest BCUT2D eigenvalue weighted by Gasteiger charge is -2.32. The van der Waals surface area contributed by atoms with Gasteiger partial charge in [0.05, 0.1) is 22.6 Å². The number of nitrogens with zero attached hydrogens (tertiary/aromatic N) is 2. The van der Waals surface area contributed by atoms with Crippen LogP contribution in [0.5, 0.6) is 0 Å². The highest BCUT2D eigenvalue weighted by Crippen LogP contribution is 2.36. The smallest absolute Gasteiger partial charge is 0.340 e. The lowest BCUT2D eigenvalue weighted by molar-refractivity contribution is -0.110. The van der Waals surface area contributed by atoms with Crippen LogP contribution in [0.25, 0.3) is 11.6 Å². The third-order valence-electron chi connectivity index (χ3n) is 6.69. The molecule has 3 heterocycles. The summed E-state index contributed by atoms with van der Waals surface area (Å²) in [5.74, 6) is -0.761. The van der Waals surface area contributed by atoms with Crippen LogP contribution in [0.3, 0.4) is 0 Å². The Balaban J connectivity index is 1.68. The van der Waals surface area contributed by atoms with Crippen LogP contribution in [0.15, 0.2) is 23.1 Å². The minimum absolute atomic E-state index is 0.0778. The zero-order chi connectivity index (χ0) is 26.0. The molecule has 2 aromatic rings. The molecule has 1 aromatic heterocycles. The van der Waals surface area contributed by atoms with E-state index in [0.29, 0.717) is 40.2 Å². The number of benzene rings is 1. The van der Waals surface area contributed by atoms with Gasteiger partial charge in [-0.2, -0.15) is 0 Å². The SMILES string of the molecule is CCOC(=O)c1c(C)[nH]c(/C=C2\C(=O)Nc3ccc(S(N)(=O)=O)cc32)c1CCCN1CCN(C)CC1. The maximum Gasteiger partial charge on any atom is 0.340 e. The first kappa shape index (κ1) is 26.1. The van der Waals surface area contributed by atoms with Gasteiger partial charge in [0.25, 0.3) is 5.91 Å². The van der Waals surface area contributed by atoms with Crippen molar-refractivity contribution in [1.29, 1.82) is 0 Å². The summed E-state index contributed by atoms with van der Waals surface area (Å²) in [6.07, 6.45) is 3.13. The van der Waals surface area contributed by atoms with Crippen molar-refractivity contribution in [3.05, 3.63) is 46.3 Å². The van der Waals surface area contributed by atoms with Crippen molar-refractivity contribution in [2.45, 2.75) is 31.6 Å². The molecule has 0 saturated carbocycles.